The number of benzene rings is 3. The summed E-state index contributed by atoms with van der Waals surface area (Å²) in [6, 6.07) is 28.5. The van der Waals surface area contributed by atoms with Crippen LogP contribution in [0.2, 0.25) is 5.04 Å². The minimum atomic E-state index is -3.70. The molecule has 0 spiro atoms. The van der Waals surface area contributed by atoms with Gasteiger partial charge in [0.25, 0.3) is 18.4 Å². The van der Waals surface area contributed by atoms with Crippen molar-refractivity contribution in [1.29, 1.82) is 0 Å². The van der Waals surface area contributed by atoms with E-state index in [-0.39, 0.29) is 16.5 Å². The molecule has 3 rings (SSSR count). The highest BCUT2D eigenvalue weighted by molar-refractivity contribution is 7.86. The van der Waals surface area contributed by atoms with Gasteiger partial charge >= 0.3 is 0 Å². The molecular formula is C37H54O4SSi. The third kappa shape index (κ3) is 9.87. The number of hydrogen-bond donors (Lipinski definition) is 0. The van der Waals surface area contributed by atoms with E-state index in [9.17, 15) is 8.42 Å². The van der Waals surface area contributed by atoms with Crippen LogP contribution >= 0.6 is 0 Å². The third-order valence-electron chi connectivity index (χ3n) is 8.57. The first-order chi connectivity index (χ1) is 20.2. The first kappa shape index (κ1) is 35.2. The highest BCUT2D eigenvalue weighted by Gasteiger charge is 2.50. The molecule has 6 heteroatoms. The summed E-state index contributed by atoms with van der Waals surface area (Å²) >= 11 is 0. The predicted octanol–water partition coefficient (Wildman–Crippen LogP) is 8.38. The van der Waals surface area contributed by atoms with Crippen molar-refractivity contribution in [3.05, 3.63) is 90.5 Å². The van der Waals surface area contributed by atoms with Crippen molar-refractivity contribution >= 4 is 28.8 Å². The highest BCUT2D eigenvalue weighted by atomic mass is 32.2. The van der Waals surface area contributed by atoms with E-state index in [4.69, 9.17) is 8.61 Å². The fraction of sp³-hybridized carbons (Fsp3) is 0.514. The number of rotatable bonds is 16. The minimum absolute atomic E-state index is 0.0190. The molecule has 236 valence electrons. The number of aryl methyl sites for hydroxylation is 1. The van der Waals surface area contributed by atoms with Crippen molar-refractivity contribution in [2.24, 2.45) is 23.7 Å². The van der Waals surface area contributed by atoms with Crippen LogP contribution in [0.4, 0.5) is 0 Å². The zero-order valence-corrected chi connectivity index (χ0v) is 29.5. The molecule has 3 aromatic carbocycles. The Morgan fingerprint density at radius 2 is 1.14 bits per heavy atom. The molecule has 0 saturated carbocycles. The fourth-order valence-corrected chi connectivity index (χ4v) is 12.2. The summed E-state index contributed by atoms with van der Waals surface area (Å²) in [5.74, 6) is 1.98. The van der Waals surface area contributed by atoms with Crippen molar-refractivity contribution in [1.82, 2.24) is 0 Å². The van der Waals surface area contributed by atoms with E-state index < -0.39 is 18.4 Å². The first-order valence-corrected chi connectivity index (χ1v) is 19.3. The second-order valence-electron chi connectivity index (χ2n) is 14.0. The summed E-state index contributed by atoms with van der Waals surface area (Å²) in [7, 11) is -6.23. The van der Waals surface area contributed by atoms with Gasteiger partial charge in [0.1, 0.15) is 0 Å². The standard InChI is InChI=1S/C37H54O4SSi/c1-29-19-21-34(22-20-29)42(38,39)40-24-23-30(2)25-31(3)26-32(4)27-33(5)28-41-43(37(6,7)8,35-15-11-9-12-16-35)36-17-13-10-14-18-36/h9-22,30-33H,23-28H2,1-8H3/t30-,31-,32-,33-/m1/s1. The summed E-state index contributed by atoms with van der Waals surface area (Å²) in [5, 5.41) is 2.63. The fourth-order valence-electron chi connectivity index (χ4n) is 6.60. The van der Waals surface area contributed by atoms with E-state index in [1.54, 1.807) is 24.3 Å². The maximum absolute atomic E-state index is 12.5. The molecule has 0 aliphatic heterocycles. The molecule has 0 radical (unpaired) electrons. The van der Waals surface area contributed by atoms with Gasteiger partial charge in [0, 0.05) is 6.61 Å². The van der Waals surface area contributed by atoms with E-state index >= 15 is 0 Å². The Balaban J connectivity index is 1.52. The normalized spacial score (nSPS) is 15.5. The van der Waals surface area contributed by atoms with E-state index in [2.05, 4.69) is 109 Å². The van der Waals surface area contributed by atoms with Crippen LogP contribution in [0.5, 0.6) is 0 Å². The lowest BCUT2D eigenvalue weighted by Gasteiger charge is -2.43. The Morgan fingerprint density at radius 3 is 1.63 bits per heavy atom. The summed E-state index contributed by atoms with van der Waals surface area (Å²) in [5.41, 5.74) is 1.02. The molecule has 43 heavy (non-hydrogen) atoms. The molecule has 0 unspecified atom stereocenters. The molecule has 0 aromatic heterocycles. The molecule has 0 N–H and O–H groups in total. The number of hydrogen-bond acceptors (Lipinski definition) is 4. The molecule has 3 aromatic rings. The first-order valence-electron chi connectivity index (χ1n) is 16.0. The smallest absolute Gasteiger partial charge is 0.296 e. The van der Waals surface area contributed by atoms with Crippen molar-refractivity contribution in [3.8, 4) is 0 Å². The zero-order chi connectivity index (χ0) is 31.7. The molecular weight excluding hydrogens is 569 g/mol. The van der Waals surface area contributed by atoms with Gasteiger partial charge in [-0.25, -0.2) is 0 Å². The van der Waals surface area contributed by atoms with Gasteiger partial charge in [0.15, 0.2) is 0 Å². The van der Waals surface area contributed by atoms with Crippen molar-refractivity contribution in [2.75, 3.05) is 13.2 Å². The Kier molecular flexibility index (Phi) is 12.8. The van der Waals surface area contributed by atoms with Crippen LogP contribution in [0.25, 0.3) is 0 Å². The average Bonchev–Trinajstić information content (AvgIpc) is 2.93. The summed E-state index contributed by atoms with van der Waals surface area (Å²) in [6.07, 6.45) is 4.06. The van der Waals surface area contributed by atoms with Gasteiger partial charge in [-0.2, -0.15) is 8.42 Å². The summed E-state index contributed by atoms with van der Waals surface area (Å²) in [6.45, 7) is 19.1. The van der Waals surface area contributed by atoms with Crippen LogP contribution < -0.4 is 10.4 Å². The zero-order valence-electron chi connectivity index (χ0n) is 27.7. The lowest BCUT2D eigenvalue weighted by molar-refractivity contribution is 0.210. The van der Waals surface area contributed by atoms with Crippen LogP contribution in [0, 0.1) is 30.6 Å². The maximum atomic E-state index is 12.5. The van der Waals surface area contributed by atoms with Crippen LogP contribution in [0.15, 0.2) is 89.8 Å². The largest absolute Gasteiger partial charge is 0.407 e. The molecule has 4 atom stereocenters. The molecule has 4 nitrogen and oxygen atoms in total. The van der Waals surface area contributed by atoms with E-state index in [1.807, 2.05) is 6.92 Å². The van der Waals surface area contributed by atoms with Crippen LogP contribution in [-0.2, 0) is 18.7 Å². The maximum Gasteiger partial charge on any atom is 0.296 e. The summed E-state index contributed by atoms with van der Waals surface area (Å²) in [4.78, 5) is 0.223. The van der Waals surface area contributed by atoms with Crippen LogP contribution in [0.3, 0.4) is 0 Å². The average molecular weight is 623 g/mol. The quantitative estimate of drug-likeness (QED) is 0.119. The molecule has 0 amide bonds. The van der Waals surface area contributed by atoms with Gasteiger partial charge < -0.3 is 4.43 Å². The van der Waals surface area contributed by atoms with Gasteiger partial charge in [-0.15, -0.1) is 0 Å². The van der Waals surface area contributed by atoms with E-state index in [1.165, 1.54) is 10.4 Å². The summed E-state index contributed by atoms with van der Waals surface area (Å²) < 4.78 is 37.5. The van der Waals surface area contributed by atoms with Crippen molar-refractivity contribution in [3.63, 3.8) is 0 Å². The third-order valence-corrected chi connectivity index (χ3v) is 14.9. The molecule has 0 aliphatic rings. The highest BCUT2D eigenvalue weighted by Crippen LogP contribution is 2.37. The minimum Gasteiger partial charge on any atom is -0.407 e. The van der Waals surface area contributed by atoms with E-state index in [0.29, 0.717) is 23.7 Å². The van der Waals surface area contributed by atoms with Crippen molar-refractivity contribution in [2.45, 2.75) is 91.0 Å². The van der Waals surface area contributed by atoms with Crippen LogP contribution in [-0.4, -0.2) is 29.9 Å². The Morgan fingerprint density at radius 1 is 0.674 bits per heavy atom. The molecule has 0 bridgehead atoms. The Bertz CT molecular complexity index is 1300. The molecule has 0 fully saturated rings. The Labute approximate surface area is 263 Å². The van der Waals surface area contributed by atoms with Gasteiger partial charge in [-0.3, -0.25) is 4.18 Å². The molecule has 0 saturated heterocycles. The SMILES string of the molecule is Cc1ccc(S(=O)(=O)OCC[C@@H](C)C[C@@H](C)C[C@@H](C)C[C@@H](C)CO[Si](c2ccccc2)(c2ccccc2)C(C)(C)C)cc1. The lowest BCUT2D eigenvalue weighted by atomic mass is 9.85. The predicted molar refractivity (Wildman–Crippen MR) is 183 cm³/mol. The molecule has 0 heterocycles. The second-order valence-corrected chi connectivity index (χ2v) is 19.9. The van der Waals surface area contributed by atoms with Gasteiger partial charge in [-0.1, -0.05) is 127 Å². The monoisotopic (exact) mass is 622 g/mol. The van der Waals surface area contributed by atoms with E-state index in [0.717, 1.165) is 37.9 Å². The van der Waals surface area contributed by atoms with Gasteiger partial charge in [-0.05, 0) is 83.8 Å². The Hall–Kier alpha value is -2.25. The second kappa shape index (κ2) is 15.7. The van der Waals surface area contributed by atoms with Gasteiger partial charge in [0.2, 0.25) is 0 Å². The topological polar surface area (TPSA) is 52.6 Å². The molecule has 0 aliphatic carbocycles. The van der Waals surface area contributed by atoms with Crippen molar-refractivity contribution < 1.29 is 17.0 Å². The lowest BCUT2D eigenvalue weighted by Crippen LogP contribution is -2.66. The van der Waals surface area contributed by atoms with Gasteiger partial charge in [0.05, 0.1) is 11.5 Å². The van der Waals surface area contributed by atoms with Crippen LogP contribution in [0.1, 0.15) is 79.7 Å².